The van der Waals surface area contributed by atoms with Gasteiger partial charge in [-0.1, -0.05) is 117 Å². The smallest absolute Gasteiger partial charge is 0.0587 e. The molecule has 0 fully saturated rings. The lowest BCUT2D eigenvalue weighted by molar-refractivity contribution is 0.767. The van der Waals surface area contributed by atoms with Crippen LogP contribution in [0, 0.1) is 21.0 Å². The largest absolute Gasteiger partial charge is 0.124 e. The maximum absolute atomic E-state index is 2.66. The van der Waals surface area contributed by atoms with Crippen LogP contribution in [0.5, 0.6) is 0 Å². The summed E-state index contributed by atoms with van der Waals surface area (Å²) < 4.78 is 2.41. The van der Waals surface area contributed by atoms with Gasteiger partial charge in [-0.2, -0.15) is 0 Å². The summed E-state index contributed by atoms with van der Waals surface area (Å²) in [4.78, 5) is 0. The third-order valence-corrected chi connectivity index (χ3v) is 11.9. The molecule has 0 amide bonds. The molecule has 0 nitrogen and oxygen atoms in total. The Morgan fingerprint density at radius 2 is 0.842 bits per heavy atom. The van der Waals surface area contributed by atoms with E-state index in [9.17, 15) is 0 Å². The lowest BCUT2D eigenvalue weighted by Gasteiger charge is -2.34. The Kier molecular flexibility index (Phi) is 6.33. The van der Waals surface area contributed by atoms with E-state index >= 15 is 0 Å². The zero-order valence-electron chi connectivity index (χ0n) is 20.7. The van der Waals surface area contributed by atoms with E-state index in [0.717, 1.165) is 0 Å². The molecule has 186 valence electrons. The third-order valence-electron chi connectivity index (χ3n) is 8.13. The van der Waals surface area contributed by atoms with E-state index in [0.29, 0.717) is 0 Å². The van der Waals surface area contributed by atoms with Gasteiger partial charge in [-0.3, -0.25) is 0 Å². The van der Waals surface area contributed by atoms with Crippen LogP contribution in [-0.2, 0) is 6.84 Å². The summed E-state index contributed by atoms with van der Waals surface area (Å²) in [6, 6.07) is 37.4. The second kappa shape index (κ2) is 9.27. The van der Waals surface area contributed by atoms with Crippen molar-refractivity contribution in [2.24, 2.45) is 0 Å². The van der Waals surface area contributed by atoms with Crippen molar-refractivity contribution in [1.29, 1.82) is 0 Å². The number of aryl methyl sites for hydroxylation is 2. The van der Waals surface area contributed by atoms with Crippen LogP contribution < -0.4 is 0 Å². The van der Waals surface area contributed by atoms with Gasteiger partial charge in [0.1, 0.15) is 1.43 Å². The monoisotopic (exact) mass is 938 g/mol. The number of benzene rings is 5. The first-order chi connectivity index (χ1) is 18.2. The van der Waals surface area contributed by atoms with E-state index in [2.05, 4.69) is 201 Å². The van der Waals surface area contributed by atoms with Crippen LogP contribution in [0.2, 0.25) is 0 Å². The first-order valence-electron chi connectivity index (χ1n) is 12.5. The second-order valence-electron chi connectivity index (χ2n) is 10.4. The fourth-order valence-corrected chi connectivity index (χ4v) is 8.95. The molecule has 0 heterocycles. The second-order valence-corrected chi connectivity index (χ2v) is 18.2. The average Bonchev–Trinajstić information content (AvgIpc) is 3.29. The van der Waals surface area contributed by atoms with E-state index in [1.165, 1.54) is 73.9 Å². The van der Waals surface area contributed by atoms with Gasteiger partial charge in [-0.15, -0.1) is 0 Å². The van der Waals surface area contributed by atoms with Gasteiger partial charge in [0.25, 0.3) is 0 Å². The summed E-state index contributed by atoms with van der Waals surface area (Å²) in [5, 5.41) is 0. The average molecular weight is 938 g/mol. The van der Waals surface area contributed by atoms with Crippen molar-refractivity contribution in [3.05, 3.63) is 149 Å². The van der Waals surface area contributed by atoms with E-state index in [-0.39, 0.29) is 6.84 Å². The highest BCUT2D eigenvalue weighted by Gasteiger charge is 2.49. The van der Waals surface area contributed by atoms with E-state index in [1.54, 1.807) is 0 Å². The van der Waals surface area contributed by atoms with E-state index in [4.69, 9.17) is 0 Å². The van der Waals surface area contributed by atoms with Gasteiger partial charge in [-0.25, -0.2) is 0 Å². The number of hydrogen-bond acceptors (Lipinski definition) is 0. The molecule has 5 aromatic carbocycles. The van der Waals surface area contributed by atoms with Crippen LogP contribution in [0.3, 0.4) is 0 Å². The first-order valence-corrected chi connectivity index (χ1v) is 16.8. The molecule has 0 unspecified atom stereocenters. The summed E-state index contributed by atoms with van der Waals surface area (Å²) in [5.41, 5.74) is 15.9. The minimum absolute atomic E-state index is 0.0942. The Hall–Kier alpha value is -0.980. The molecule has 0 bridgehead atoms. The molecule has 0 spiro atoms. The Morgan fingerprint density at radius 3 is 1.39 bits per heavy atom. The van der Waals surface area contributed by atoms with Crippen molar-refractivity contribution < 1.29 is 0 Å². The third kappa shape index (κ3) is 3.67. The van der Waals surface area contributed by atoms with Crippen molar-refractivity contribution in [1.82, 2.24) is 0 Å². The van der Waals surface area contributed by atoms with Gasteiger partial charge >= 0.3 is 0 Å². The molecule has 0 atom stereocenters. The zero-order valence-corrected chi connectivity index (χ0v) is 29.4. The van der Waals surface area contributed by atoms with Gasteiger partial charge in [0.05, 0.1) is 5.41 Å². The van der Waals surface area contributed by atoms with Crippen LogP contribution in [0.25, 0.3) is 22.3 Å². The highest BCUT2D eigenvalue weighted by molar-refractivity contribution is 14.2. The van der Waals surface area contributed by atoms with Gasteiger partial charge in [0.15, 0.2) is 0 Å². The molecule has 2 aliphatic carbocycles. The zero-order chi connectivity index (χ0) is 26.4. The number of hydrogen-bond donors (Lipinski definition) is 0. The Balaban J connectivity index is 1.64. The molecule has 38 heavy (non-hydrogen) atoms. The van der Waals surface area contributed by atoms with Crippen LogP contribution in [-0.4, -0.2) is 0 Å². The van der Waals surface area contributed by atoms with Crippen LogP contribution in [0.1, 0.15) is 44.5 Å². The fourth-order valence-electron chi connectivity index (χ4n) is 6.45. The molecule has 0 saturated carbocycles. The van der Waals surface area contributed by atoms with Crippen molar-refractivity contribution in [3.8, 4) is 22.3 Å². The topological polar surface area (TPSA) is 0 Å². The summed E-state index contributed by atoms with van der Waals surface area (Å²) in [7, 11) is 0. The lowest BCUT2D eigenvalue weighted by Crippen LogP contribution is -2.29. The fraction of sp³-hybridized carbons (Fsp3) is 0.118. The molecular weight excluding hydrogens is 916 g/mol. The Labute approximate surface area is 278 Å². The molecule has 4 heteroatoms. The van der Waals surface area contributed by atoms with Gasteiger partial charge in [-0.05, 0) is 151 Å². The summed E-state index contributed by atoms with van der Waals surface area (Å²) >= 11 is 10.2. The molecule has 7 rings (SSSR count). The summed E-state index contributed by atoms with van der Waals surface area (Å²) in [6.45, 7) is 4.42. The maximum atomic E-state index is 2.66. The molecule has 5 aromatic rings. The van der Waals surface area contributed by atoms with Crippen molar-refractivity contribution in [2.75, 3.05) is 0 Å². The predicted octanol–water partition coefficient (Wildman–Crippen LogP) is 10.9. The minimum atomic E-state index is -0.382. The number of alkyl halides is 2. The van der Waals surface area contributed by atoms with Gasteiger partial charge < -0.3 is 0 Å². The van der Waals surface area contributed by atoms with Crippen LogP contribution in [0.4, 0.5) is 0 Å². The molecule has 0 radical (unpaired) electrons. The normalized spacial score (nSPS) is 15.5. The van der Waals surface area contributed by atoms with Crippen molar-refractivity contribution in [2.45, 2.75) is 20.7 Å². The molecule has 0 N–H and O–H groups in total. The SMILES string of the molecule is Cc1ccc2c(c1)C(I)(I)c1cc3c(cc1-2)C(c1ccc(I)cc1)(c1ccc(I)cc1)c1cc(C)ccc1-3. The highest BCUT2D eigenvalue weighted by Crippen LogP contribution is 2.63. The predicted molar refractivity (Wildman–Crippen MR) is 193 cm³/mol. The summed E-state index contributed by atoms with van der Waals surface area (Å²) in [5.74, 6) is 0. The van der Waals surface area contributed by atoms with Crippen molar-refractivity contribution >= 4 is 90.4 Å². The Bertz CT molecular complexity index is 1720. The number of fused-ring (bicyclic) bond motifs is 6. The molecule has 0 aliphatic heterocycles. The lowest BCUT2D eigenvalue weighted by atomic mass is 9.67. The molecule has 0 aromatic heterocycles. The quantitative estimate of drug-likeness (QED) is 0.120. The molecule has 0 saturated heterocycles. The summed E-state index contributed by atoms with van der Waals surface area (Å²) in [6.07, 6.45) is 0. The maximum Gasteiger partial charge on any atom is 0.124 e. The van der Waals surface area contributed by atoms with Gasteiger partial charge in [0.2, 0.25) is 0 Å². The van der Waals surface area contributed by atoms with Gasteiger partial charge in [0, 0.05) is 7.14 Å². The minimum Gasteiger partial charge on any atom is -0.0587 e. The van der Waals surface area contributed by atoms with Crippen molar-refractivity contribution in [3.63, 3.8) is 0 Å². The number of halogens is 4. The van der Waals surface area contributed by atoms with Crippen LogP contribution >= 0.6 is 90.4 Å². The molecule has 2 aliphatic rings. The first kappa shape index (κ1) is 26.0. The highest BCUT2D eigenvalue weighted by atomic mass is 127. The van der Waals surface area contributed by atoms with E-state index < -0.39 is 0 Å². The van der Waals surface area contributed by atoms with Crippen LogP contribution in [0.15, 0.2) is 97.1 Å². The number of rotatable bonds is 2. The molecular formula is C34H22I4. The standard InChI is InChI=1S/C34H22I4/c1-19-3-13-25-27-18-32-28(26-14-4-20(2)16-31(26)34(32,37)38)17-30(27)33(29(25)15-19,21-5-9-23(35)10-6-21)22-7-11-24(36)12-8-22/h3-18H,1-2H3. The van der Waals surface area contributed by atoms with E-state index in [1.807, 2.05) is 0 Å². The Morgan fingerprint density at radius 1 is 0.447 bits per heavy atom.